The van der Waals surface area contributed by atoms with Crippen LogP contribution in [0.15, 0.2) is 42.1 Å². The van der Waals surface area contributed by atoms with E-state index in [2.05, 4.69) is 10.6 Å². The number of nitrogens with one attached hydrogen (secondary N) is 2. The van der Waals surface area contributed by atoms with Crippen LogP contribution >= 0.6 is 11.6 Å². The fourth-order valence-electron chi connectivity index (χ4n) is 2.49. The van der Waals surface area contributed by atoms with Gasteiger partial charge in [-0.1, -0.05) is 29.8 Å². The molecular weight excluding hydrogens is 375 g/mol. The summed E-state index contributed by atoms with van der Waals surface area (Å²) in [7, 11) is 0. The van der Waals surface area contributed by atoms with Gasteiger partial charge in [-0.2, -0.15) is 0 Å². The van der Waals surface area contributed by atoms with Gasteiger partial charge in [-0.05, 0) is 36.8 Å². The Morgan fingerprint density at radius 3 is 2.59 bits per heavy atom. The van der Waals surface area contributed by atoms with Gasteiger partial charge in [0.05, 0.1) is 11.6 Å². The van der Waals surface area contributed by atoms with E-state index in [0.717, 1.165) is 0 Å². The predicted molar refractivity (Wildman–Crippen MR) is 98.0 cm³/mol. The lowest BCUT2D eigenvalue weighted by molar-refractivity contribution is -0.115. The normalized spacial score (nSPS) is 14.9. The minimum absolute atomic E-state index is 0.0225. The average molecular weight is 391 g/mol. The molecular formula is C19H16ClFN2O4. The quantitative estimate of drug-likeness (QED) is 0.583. The van der Waals surface area contributed by atoms with E-state index in [1.807, 2.05) is 0 Å². The van der Waals surface area contributed by atoms with E-state index in [4.69, 9.17) is 21.1 Å². The highest BCUT2D eigenvalue weighted by Gasteiger charge is 2.23. The van der Waals surface area contributed by atoms with Crippen LogP contribution in [0.3, 0.4) is 0 Å². The van der Waals surface area contributed by atoms with Crippen molar-refractivity contribution in [2.24, 2.45) is 0 Å². The molecule has 2 aromatic carbocycles. The van der Waals surface area contributed by atoms with Gasteiger partial charge < -0.3 is 14.8 Å². The average Bonchev–Trinajstić information content (AvgIpc) is 2.93. The van der Waals surface area contributed by atoms with Crippen LogP contribution in [0.5, 0.6) is 11.5 Å². The summed E-state index contributed by atoms with van der Waals surface area (Å²) in [6.07, 6.45) is 1.47. The Morgan fingerprint density at radius 2 is 1.93 bits per heavy atom. The molecule has 0 atom stereocenters. The number of ether oxygens (including phenoxy) is 2. The van der Waals surface area contributed by atoms with Crippen LogP contribution in [0.1, 0.15) is 18.1 Å². The van der Waals surface area contributed by atoms with Gasteiger partial charge in [0.25, 0.3) is 5.91 Å². The van der Waals surface area contributed by atoms with Gasteiger partial charge in [0.1, 0.15) is 18.1 Å². The highest BCUT2D eigenvalue weighted by molar-refractivity contribution is 6.32. The Morgan fingerprint density at radius 1 is 1.15 bits per heavy atom. The molecule has 2 aromatic rings. The van der Waals surface area contributed by atoms with Crippen molar-refractivity contribution >= 4 is 29.6 Å². The Labute approximate surface area is 159 Å². The van der Waals surface area contributed by atoms with Gasteiger partial charge in [-0.25, -0.2) is 9.18 Å². The molecule has 3 rings (SSSR count). The number of carbonyl (C=O) groups is 2. The lowest BCUT2D eigenvalue weighted by Crippen LogP contribution is -2.22. The Bertz CT molecular complexity index is 930. The molecule has 1 saturated heterocycles. The molecule has 0 saturated carbocycles. The van der Waals surface area contributed by atoms with Crippen LogP contribution in [0, 0.1) is 5.82 Å². The molecule has 2 N–H and O–H groups in total. The summed E-state index contributed by atoms with van der Waals surface area (Å²) in [6, 6.07) is 8.86. The van der Waals surface area contributed by atoms with Crippen molar-refractivity contribution in [3.63, 3.8) is 0 Å². The number of rotatable bonds is 6. The van der Waals surface area contributed by atoms with Crippen molar-refractivity contribution in [3.05, 3.63) is 64.1 Å². The van der Waals surface area contributed by atoms with E-state index in [1.54, 1.807) is 37.3 Å². The molecule has 6 nitrogen and oxygen atoms in total. The van der Waals surface area contributed by atoms with Gasteiger partial charge in [0.15, 0.2) is 11.5 Å². The number of hydrogen-bond acceptors (Lipinski definition) is 4. The van der Waals surface area contributed by atoms with E-state index < -0.39 is 11.9 Å². The minimum atomic E-state index is -0.591. The number of amides is 3. The Hall–Kier alpha value is -3.06. The zero-order valence-corrected chi connectivity index (χ0v) is 15.1. The molecule has 0 bridgehead atoms. The summed E-state index contributed by atoms with van der Waals surface area (Å²) in [5, 5.41) is 4.74. The first-order chi connectivity index (χ1) is 13.0. The van der Waals surface area contributed by atoms with Crippen molar-refractivity contribution in [1.29, 1.82) is 0 Å². The molecule has 1 aliphatic rings. The molecule has 0 aliphatic carbocycles. The molecule has 140 valence electrons. The third kappa shape index (κ3) is 4.38. The first-order valence-corrected chi connectivity index (χ1v) is 8.52. The third-order valence-electron chi connectivity index (χ3n) is 3.69. The maximum atomic E-state index is 13.8. The molecule has 0 aromatic heterocycles. The summed E-state index contributed by atoms with van der Waals surface area (Å²) >= 11 is 6.31. The van der Waals surface area contributed by atoms with Crippen LogP contribution in [0.2, 0.25) is 5.02 Å². The topological polar surface area (TPSA) is 76.7 Å². The number of halogens is 2. The first kappa shape index (κ1) is 18.7. The number of benzene rings is 2. The Balaban J connectivity index is 1.88. The highest BCUT2D eigenvalue weighted by atomic mass is 35.5. The van der Waals surface area contributed by atoms with E-state index in [1.165, 1.54) is 12.1 Å². The van der Waals surface area contributed by atoms with Crippen LogP contribution < -0.4 is 20.1 Å². The summed E-state index contributed by atoms with van der Waals surface area (Å²) in [6.45, 7) is 2.12. The maximum Gasteiger partial charge on any atom is 0.326 e. The molecule has 0 radical (unpaired) electrons. The van der Waals surface area contributed by atoms with Crippen LogP contribution in [-0.2, 0) is 11.4 Å². The molecule has 1 heterocycles. The summed E-state index contributed by atoms with van der Waals surface area (Å²) in [5.74, 6) is -0.299. The molecule has 27 heavy (non-hydrogen) atoms. The zero-order chi connectivity index (χ0) is 19.4. The van der Waals surface area contributed by atoms with Crippen molar-refractivity contribution < 1.29 is 23.5 Å². The largest absolute Gasteiger partial charge is 0.490 e. The smallest absolute Gasteiger partial charge is 0.326 e. The third-order valence-corrected chi connectivity index (χ3v) is 3.97. The molecule has 3 amide bonds. The van der Waals surface area contributed by atoms with Gasteiger partial charge in [0, 0.05) is 5.56 Å². The van der Waals surface area contributed by atoms with Gasteiger partial charge in [-0.15, -0.1) is 0 Å². The number of hydrogen-bond donors (Lipinski definition) is 2. The summed E-state index contributed by atoms with van der Waals surface area (Å²) < 4.78 is 25.0. The lowest BCUT2D eigenvalue weighted by atomic mass is 10.1. The van der Waals surface area contributed by atoms with Crippen LogP contribution in [-0.4, -0.2) is 18.5 Å². The van der Waals surface area contributed by atoms with Crippen molar-refractivity contribution in [3.8, 4) is 11.5 Å². The van der Waals surface area contributed by atoms with Crippen LogP contribution in [0.4, 0.5) is 9.18 Å². The molecule has 0 spiro atoms. The lowest BCUT2D eigenvalue weighted by Gasteiger charge is -2.15. The van der Waals surface area contributed by atoms with Crippen molar-refractivity contribution in [2.75, 3.05) is 6.61 Å². The number of imide groups is 1. The SMILES string of the molecule is CCOc1cc(/C=C2\NC(=O)NC2=O)cc(Cl)c1OCc1ccccc1F. The molecule has 8 heteroatoms. The molecule has 1 fully saturated rings. The van der Waals surface area contributed by atoms with Gasteiger partial charge in [0.2, 0.25) is 0 Å². The Kier molecular flexibility index (Phi) is 5.61. The standard InChI is InChI=1S/C19H16ClFN2O4/c1-2-26-16-9-11(8-15-18(24)23-19(25)22-15)7-13(20)17(16)27-10-12-5-3-4-6-14(12)21/h3-9H,2,10H2,1H3,(H2,22,23,24,25)/b15-8-. The van der Waals surface area contributed by atoms with Crippen molar-refractivity contribution in [1.82, 2.24) is 10.6 Å². The van der Waals surface area contributed by atoms with E-state index in [-0.39, 0.29) is 28.9 Å². The maximum absolute atomic E-state index is 13.8. The second-order valence-corrected chi connectivity index (χ2v) is 6.02. The predicted octanol–water partition coefficient (Wildman–Crippen LogP) is 3.64. The second-order valence-electron chi connectivity index (χ2n) is 5.61. The van der Waals surface area contributed by atoms with E-state index in [0.29, 0.717) is 23.5 Å². The fraction of sp³-hybridized carbons (Fsp3) is 0.158. The summed E-state index contributed by atoms with van der Waals surface area (Å²) in [5.41, 5.74) is 1.01. The fourth-order valence-corrected chi connectivity index (χ4v) is 2.76. The second kappa shape index (κ2) is 8.09. The highest BCUT2D eigenvalue weighted by Crippen LogP contribution is 2.38. The summed E-state index contributed by atoms with van der Waals surface area (Å²) in [4.78, 5) is 22.9. The van der Waals surface area contributed by atoms with Crippen molar-refractivity contribution in [2.45, 2.75) is 13.5 Å². The monoisotopic (exact) mass is 390 g/mol. The number of carbonyl (C=O) groups excluding carboxylic acids is 2. The minimum Gasteiger partial charge on any atom is -0.490 e. The van der Waals surface area contributed by atoms with Gasteiger partial charge in [-0.3, -0.25) is 10.1 Å². The van der Waals surface area contributed by atoms with E-state index in [9.17, 15) is 14.0 Å². The van der Waals surface area contributed by atoms with E-state index >= 15 is 0 Å². The molecule has 0 unspecified atom stereocenters. The zero-order valence-electron chi connectivity index (χ0n) is 14.3. The van der Waals surface area contributed by atoms with Crippen LogP contribution in [0.25, 0.3) is 6.08 Å². The molecule has 1 aliphatic heterocycles. The number of urea groups is 1. The first-order valence-electron chi connectivity index (χ1n) is 8.14. The van der Waals surface area contributed by atoms with Gasteiger partial charge >= 0.3 is 6.03 Å².